The molecule has 1 aliphatic carbocycles. The van der Waals surface area contributed by atoms with Crippen LogP contribution in [0, 0.1) is 19.8 Å². The van der Waals surface area contributed by atoms with Gasteiger partial charge in [0.1, 0.15) is 0 Å². The molecule has 3 rings (SSSR count). The lowest BCUT2D eigenvalue weighted by molar-refractivity contribution is -0.895. The van der Waals surface area contributed by atoms with Gasteiger partial charge in [-0.3, -0.25) is 9.59 Å². The van der Waals surface area contributed by atoms with Crippen molar-refractivity contribution in [3.05, 3.63) is 29.3 Å². The third-order valence-corrected chi connectivity index (χ3v) is 5.39. The maximum atomic E-state index is 12.4. The number of amides is 2. The first-order chi connectivity index (χ1) is 11.5. The topological polar surface area (TPSA) is 53.9 Å². The molecule has 2 aliphatic rings. The van der Waals surface area contributed by atoms with Crippen molar-refractivity contribution in [3.63, 3.8) is 0 Å². The van der Waals surface area contributed by atoms with E-state index in [-0.39, 0.29) is 11.8 Å². The molecule has 0 atom stereocenters. The summed E-state index contributed by atoms with van der Waals surface area (Å²) in [5, 5.41) is 3.06. The summed E-state index contributed by atoms with van der Waals surface area (Å²) in [6.45, 7) is 7.78. The van der Waals surface area contributed by atoms with Gasteiger partial charge in [-0.15, -0.1) is 0 Å². The Morgan fingerprint density at radius 1 is 1.17 bits per heavy atom. The summed E-state index contributed by atoms with van der Waals surface area (Å²) >= 11 is 0. The quantitative estimate of drug-likeness (QED) is 0.857. The summed E-state index contributed by atoms with van der Waals surface area (Å²) in [5.74, 6) is 0.667. The van der Waals surface area contributed by atoms with Crippen LogP contribution in [0.15, 0.2) is 18.2 Å². The number of nitrogens with zero attached hydrogens (tertiary/aromatic N) is 1. The molecular formula is C19H28N3O2+. The number of carbonyl (C=O) groups is 2. The number of carbonyl (C=O) groups excluding carboxylic acids is 2. The average Bonchev–Trinajstić information content (AvgIpc) is 2.50. The van der Waals surface area contributed by atoms with Crippen LogP contribution in [-0.2, 0) is 9.59 Å². The predicted octanol–water partition coefficient (Wildman–Crippen LogP) is 0.769. The van der Waals surface area contributed by atoms with E-state index < -0.39 is 0 Å². The molecule has 24 heavy (non-hydrogen) atoms. The van der Waals surface area contributed by atoms with Crippen LogP contribution in [0.25, 0.3) is 0 Å². The first-order valence-corrected chi connectivity index (χ1v) is 9.03. The number of aryl methyl sites for hydroxylation is 2. The van der Waals surface area contributed by atoms with E-state index in [0.717, 1.165) is 55.8 Å². The fourth-order valence-corrected chi connectivity index (χ4v) is 3.56. The molecule has 1 aliphatic heterocycles. The van der Waals surface area contributed by atoms with Crippen LogP contribution in [0.3, 0.4) is 0 Å². The molecule has 2 fully saturated rings. The van der Waals surface area contributed by atoms with E-state index in [0.29, 0.717) is 12.5 Å². The summed E-state index contributed by atoms with van der Waals surface area (Å²) in [6.07, 6.45) is 3.31. The van der Waals surface area contributed by atoms with Gasteiger partial charge in [0, 0.05) is 11.6 Å². The van der Waals surface area contributed by atoms with Gasteiger partial charge in [0.05, 0.1) is 26.2 Å². The van der Waals surface area contributed by atoms with Gasteiger partial charge < -0.3 is 15.1 Å². The Kier molecular flexibility index (Phi) is 5.19. The number of quaternary nitrogens is 1. The summed E-state index contributed by atoms with van der Waals surface area (Å²) in [7, 11) is 0. The van der Waals surface area contributed by atoms with Crippen LogP contribution >= 0.6 is 0 Å². The minimum Gasteiger partial charge on any atom is -0.331 e. The fourth-order valence-electron chi connectivity index (χ4n) is 3.56. The molecule has 1 saturated heterocycles. The Morgan fingerprint density at radius 3 is 2.33 bits per heavy atom. The minimum atomic E-state index is 0.0566. The van der Waals surface area contributed by atoms with E-state index >= 15 is 0 Å². The Bertz CT molecular complexity index is 597. The fraction of sp³-hybridized carbons (Fsp3) is 0.579. The number of rotatable bonds is 4. The molecule has 2 N–H and O–H groups in total. The lowest BCUT2D eigenvalue weighted by Crippen LogP contribution is -3.15. The van der Waals surface area contributed by atoms with E-state index in [4.69, 9.17) is 0 Å². The second kappa shape index (κ2) is 7.34. The maximum Gasteiger partial charge on any atom is 0.279 e. The van der Waals surface area contributed by atoms with Crippen LogP contribution in [0.5, 0.6) is 0 Å². The molecular weight excluding hydrogens is 302 g/mol. The SMILES string of the molecule is Cc1cccc(C)c1NC(=O)C[NH+]1CCN(C(=O)C2CCC2)CC1. The van der Waals surface area contributed by atoms with E-state index in [1.165, 1.54) is 11.3 Å². The number of hydrogen-bond donors (Lipinski definition) is 2. The third kappa shape index (κ3) is 3.78. The molecule has 0 radical (unpaired) electrons. The smallest absolute Gasteiger partial charge is 0.279 e. The van der Waals surface area contributed by atoms with Gasteiger partial charge in [-0.05, 0) is 37.8 Å². The molecule has 1 aromatic rings. The standard InChI is InChI=1S/C19H27N3O2/c1-14-5-3-6-15(2)18(14)20-17(23)13-21-9-11-22(12-10-21)19(24)16-7-4-8-16/h3,5-6,16H,4,7-13H2,1-2H3,(H,20,23)/p+1. The van der Waals surface area contributed by atoms with E-state index in [2.05, 4.69) is 5.32 Å². The lowest BCUT2D eigenvalue weighted by atomic mass is 9.84. The number of nitrogens with one attached hydrogen (secondary N) is 2. The zero-order valence-corrected chi connectivity index (χ0v) is 14.7. The highest BCUT2D eigenvalue weighted by atomic mass is 16.2. The predicted molar refractivity (Wildman–Crippen MR) is 94.0 cm³/mol. The van der Waals surface area contributed by atoms with E-state index in [9.17, 15) is 9.59 Å². The molecule has 5 nitrogen and oxygen atoms in total. The molecule has 1 aromatic carbocycles. The van der Waals surface area contributed by atoms with Crippen molar-refractivity contribution in [2.45, 2.75) is 33.1 Å². The van der Waals surface area contributed by atoms with Crippen molar-refractivity contribution >= 4 is 17.5 Å². The summed E-state index contributed by atoms with van der Waals surface area (Å²) < 4.78 is 0. The molecule has 1 saturated carbocycles. The second-order valence-corrected chi connectivity index (χ2v) is 7.19. The highest BCUT2D eigenvalue weighted by molar-refractivity contribution is 5.93. The molecule has 0 aromatic heterocycles. The first-order valence-electron chi connectivity index (χ1n) is 9.03. The van der Waals surface area contributed by atoms with Crippen LogP contribution in [-0.4, -0.2) is 49.4 Å². The van der Waals surface area contributed by atoms with Gasteiger partial charge >= 0.3 is 0 Å². The Morgan fingerprint density at radius 2 is 1.79 bits per heavy atom. The van der Waals surface area contributed by atoms with Crippen molar-refractivity contribution in [2.75, 3.05) is 38.0 Å². The van der Waals surface area contributed by atoms with Crippen molar-refractivity contribution in [1.29, 1.82) is 0 Å². The largest absolute Gasteiger partial charge is 0.331 e. The van der Waals surface area contributed by atoms with Gasteiger partial charge in [0.15, 0.2) is 6.54 Å². The van der Waals surface area contributed by atoms with Crippen LogP contribution in [0.1, 0.15) is 30.4 Å². The molecule has 0 unspecified atom stereocenters. The van der Waals surface area contributed by atoms with Gasteiger partial charge in [-0.1, -0.05) is 24.6 Å². The second-order valence-electron chi connectivity index (χ2n) is 7.19. The molecule has 0 spiro atoms. The summed E-state index contributed by atoms with van der Waals surface area (Å²) in [5.41, 5.74) is 3.12. The van der Waals surface area contributed by atoms with Crippen molar-refractivity contribution in [1.82, 2.24) is 4.90 Å². The number of anilines is 1. The van der Waals surface area contributed by atoms with Crippen LogP contribution in [0.2, 0.25) is 0 Å². The Hall–Kier alpha value is -1.88. The maximum absolute atomic E-state index is 12.4. The molecule has 5 heteroatoms. The molecule has 130 valence electrons. The first kappa shape index (κ1) is 17.0. The van der Waals surface area contributed by atoms with Gasteiger partial charge in [-0.2, -0.15) is 0 Å². The van der Waals surface area contributed by atoms with Crippen LogP contribution in [0.4, 0.5) is 5.69 Å². The van der Waals surface area contributed by atoms with Gasteiger partial charge in [0.2, 0.25) is 5.91 Å². The highest BCUT2D eigenvalue weighted by Crippen LogP contribution is 2.28. The normalized spacial score (nSPS) is 19.0. The number of para-hydroxylation sites is 1. The number of benzene rings is 1. The van der Waals surface area contributed by atoms with Crippen molar-refractivity contribution in [2.24, 2.45) is 5.92 Å². The summed E-state index contributed by atoms with van der Waals surface area (Å²) in [6, 6.07) is 6.03. The van der Waals surface area contributed by atoms with Crippen molar-refractivity contribution < 1.29 is 14.5 Å². The number of piperazine rings is 1. The van der Waals surface area contributed by atoms with E-state index in [1.54, 1.807) is 0 Å². The summed E-state index contributed by atoms with van der Waals surface area (Å²) in [4.78, 5) is 27.9. The number of hydrogen-bond acceptors (Lipinski definition) is 2. The minimum absolute atomic E-state index is 0.0566. The lowest BCUT2D eigenvalue weighted by Gasteiger charge is -2.36. The highest BCUT2D eigenvalue weighted by Gasteiger charge is 2.32. The molecule has 0 bridgehead atoms. The van der Waals surface area contributed by atoms with Crippen LogP contribution < -0.4 is 10.2 Å². The molecule has 2 amide bonds. The van der Waals surface area contributed by atoms with Crippen molar-refractivity contribution in [3.8, 4) is 0 Å². The molecule has 1 heterocycles. The zero-order chi connectivity index (χ0) is 17.1. The third-order valence-electron chi connectivity index (χ3n) is 5.39. The Labute approximate surface area is 144 Å². The Balaban J connectivity index is 1.47. The van der Waals surface area contributed by atoms with Gasteiger partial charge in [0.25, 0.3) is 5.91 Å². The zero-order valence-electron chi connectivity index (χ0n) is 14.7. The van der Waals surface area contributed by atoms with E-state index in [1.807, 2.05) is 36.9 Å². The monoisotopic (exact) mass is 330 g/mol. The average molecular weight is 330 g/mol. The van der Waals surface area contributed by atoms with Gasteiger partial charge in [-0.25, -0.2) is 0 Å².